The second-order valence-electron chi connectivity index (χ2n) is 5.34. The molecule has 0 spiro atoms. The van der Waals surface area contributed by atoms with E-state index in [1.807, 2.05) is 48.5 Å². The first kappa shape index (κ1) is 14.3. The highest BCUT2D eigenvalue weighted by Crippen LogP contribution is 2.22. The predicted molar refractivity (Wildman–Crippen MR) is 88.2 cm³/mol. The molecule has 0 aliphatic heterocycles. The van der Waals surface area contributed by atoms with E-state index < -0.39 is 0 Å². The highest BCUT2D eigenvalue weighted by molar-refractivity contribution is 5.94. The smallest absolute Gasteiger partial charge is 0.312 e. The average Bonchev–Trinajstić information content (AvgIpc) is 2.71. The van der Waals surface area contributed by atoms with Crippen LogP contribution in [0.2, 0.25) is 0 Å². The van der Waals surface area contributed by atoms with Crippen molar-refractivity contribution in [1.29, 1.82) is 0 Å². The van der Waals surface area contributed by atoms with Gasteiger partial charge in [-0.2, -0.15) is 0 Å². The van der Waals surface area contributed by atoms with Gasteiger partial charge in [0.2, 0.25) is 0 Å². The Kier molecular flexibility index (Phi) is 3.63. The maximum Gasteiger partial charge on any atom is 0.312 e. The highest BCUT2D eigenvalue weighted by atomic mass is 16.5. The minimum absolute atomic E-state index is 0.00729. The number of hydrogen-bond acceptors (Lipinski definition) is 3. The summed E-state index contributed by atoms with van der Waals surface area (Å²) in [6.45, 7) is 1.80. The third-order valence-electron chi connectivity index (χ3n) is 4.02. The summed E-state index contributed by atoms with van der Waals surface area (Å²) in [6, 6.07) is 16.9. The summed E-state index contributed by atoms with van der Waals surface area (Å²) in [5.74, 6) is -0.642. The number of carbonyl (C=O) groups excluding carboxylic acids is 1. The Balaban J connectivity index is 2.28. The Labute approximate surface area is 128 Å². The molecular weight excluding hydrogens is 276 g/mol. The molecule has 0 aliphatic rings. The third-order valence-corrected chi connectivity index (χ3v) is 4.02. The summed E-state index contributed by atoms with van der Waals surface area (Å²) in [5, 5.41) is 3.09. The summed E-state index contributed by atoms with van der Waals surface area (Å²) in [5.41, 5.74) is 0.849. The molecule has 0 bridgehead atoms. The van der Waals surface area contributed by atoms with Crippen LogP contribution >= 0.6 is 0 Å². The van der Waals surface area contributed by atoms with E-state index in [2.05, 4.69) is 0 Å². The maximum atomic E-state index is 12.7. The van der Waals surface area contributed by atoms with Crippen LogP contribution in [0.15, 0.2) is 59.4 Å². The zero-order chi connectivity index (χ0) is 15.7. The third kappa shape index (κ3) is 2.35. The molecule has 1 unspecified atom stereocenters. The second-order valence-corrected chi connectivity index (χ2v) is 5.34. The molecule has 0 aromatic heterocycles. The van der Waals surface area contributed by atoms with E-state index in [0.29, 0.717) is 10.8 Å². The van der Waals surface area contributed by atoms with E-state index >= 15 is 0 Å². The Morgan fingerprint density at radius 2 is 1.64 bits per heavy atom. The molecule has 0 amide bonds. The van der Waals surface area contributed by atoms with E-state index in [1.165, 1.54) is 7.11 Å². The van der Waals surface area contributed by atoms with Crippen molar-refractivity contribution >= 4 is 27.5 Å². The van der Waals surface area contributed by atoms with Gasteiger partial charge in [-0.25, -0.2) is 0 Å². The van der Waals surface area contributed by atoms with Crippen molar-refractivity contribution in [2.75, 3.05) is 7.11 Å². The molecule has 3 aromatic rings. The number of benzene rings is 2. The van der Waals surface area contributed by atoms with Gasteiger partial charge >= 0.3 is 5.97 Å². The highest BCUT2D eigenvalue weighted by Gasteiger charge is 2.16. The van der Waals surface area contributed by atoms with Crippen LogP contribution in [-0.4, -0.2) is 13.1 Å². The van der Waals surface area contributed by atoms with Gasteiger partial charge in [-0.05, 0) is 23.3 Å². The van der Waals surface area contributed by atoms with Gasteiger partial charge in [-0.3, -0.25) is 9.59 Å². The van der Waals surface area contributed by atoms with Crippen LogP contribution in [0.3, 0.4) is 0 Å². The molecule has 3 heteroatoms. The molecule has 1 atom stereocenters. The molecule has 0 heterocycles. The summed E-state index contributed by atoms with van der Waals surface area (Å²) >= 11 is 0. The second kappa shape index (κ2) is 5.60. The van der Waals surface area contributed by atoms with Crippen molar-refractivity contribution in [2.45, 2.75) is 12.8 Å². The predicted octanol–water partition coefficient (Wildman–Crippen LogP) is 3.63. The zero-order valence-electron chi connectivity index (χ0n) is 12.5. The lowest BCUT2D eigenvalue weighted by Crippen LogP contribution is -2.10. The average molecular weight is 292 g/mol. The molecule has 0 fully saturated rings. The van der Waals surface area contributed by atoms with Gasteiger partial charge in [0.15, 0.2) is 5.43 Å². The minimum Gasteiger partial charge on any atom is -0.469 e. The van der Waals surface area contributed by atoms with Crippen LogP contribution in [0, 0.1) is 0 Å². The van der Waals surface area contributed by atoms with Crippen molar-refractivity contribution < 1.29 is 9.53 Å². The summed E-state index contributed by atoms with van der Waals surface area (Å²) < 4.78 is 4.78. The zero-order valence-corrected chi connectivity index (χ0v) is 12.5. The molecule has 110 valence electrons. The number of rotatable bonds is 2. The van der Waals surface area contributed by atoms with E-state index in [1.54, 1.807) is 13.0 Å². The fourth-order valence-corrected chi connectivity index (χ4v) is 2.68. The Morgan fingerprint density at radius 1 is 0.955 bits per heavy atom. The topological polar surface area (TPSA) is 43.4 Å². The number of ether oxygens (including phenoxy) is 1. The van der Waals surface area contributed by atoms with Crippen LogP contribution in [-0.2, 0) is 9.53 Å². The standard InChI is InChI=1S/C19H16O3/c1-12(19(21)22-2)14-9-10-17-15(11-14)8-7-13-5-3-4-6-16(13)18(17)20/h3-12H,1-2H3. The monoisotopic (exact) mass is 292 g/mol. The van der Waals surface area contributed by atoms with Crippen LogP contribution < -0.4 is 5.43 Å². The molecule has 0 saturated heterocycles. The number of methoxy groups -OCH3 is 1. The molecule has 0 radical (unpaired) electrons. The summed E-state index contributed by atoms with van der Waals surface area (Å²) in [4.78, 5) is 24.4. The normalized spacial score (nSPS) is 12.3. The van der Waals surface area contributed by atoms with Crippen LogP contribution in [0.4, 0.5) is 0 Å². The fraction of sp³-hybridized carbons (Fsp3) is 0.158. The first-order valence-corrected chi connectivity index (χ1v) is 7.15. The summed E-state index contributed by atoms with van der Waals surface area (Å²) in [6.07, 6.45) is 0. The quantitative estimate of drug-likeness (QED) is 0.677. The number of carbonyl (C=O) groups is 1. The molecule has 3 nitrogen and oxygen atoms in total. The van der Waals surface area contributed by atoms with Crippen molar-refractivity contribution in [3.63, 3.8) is 0 Å². The molecule has 22 heavy (non-hydrogen) atoms. The largest absolute Gasteiger partial charge is 0.469 e. The van der Waals surface area contributed by atoms with E-state index in [-0.39, 0.29) is 17.3 Å². The van der Waals surface area contributed by atoms with Crippen LogP contribution in [0.5, 0.6) is 0 Å². The SMILES string of the molecule is COC(=O)C(C)c1ccc2c(=O)c3ccccc3ccc2c1. The lowest BCUT2D eigenvalue weighted by atomic mass is 9.98. The van der Waals surface area contributed by atoms with Crippen LogP contribution in [0.1, 0.15) is 18.4 Å². The van der Waals surface area contributed by atoms with E-state index in [9.17, 15) is 9.59 Å². The van der Waals surface area contributed by atoms with Crippen molar-refractivity contribution in [2.24, 2.45) is 0 Å². The molecule has 0 aliphatic carbocycles. The summed E-state index contributed by atoms with van der Waals surface area (Å²) in [7, 11) is 1.38. The van der Waals surface area contributed by atoms with Crippen molar-refractivity contribution in [3.05, 3.63) is 70.4 Å². The van der Waals surface area contributed by atoms with E-state index in [0.717, 1.165) is 16.3 Å². The van der Waals surface area contributed by atoms with Gasteiger partial charge < -0.3 is 4.74 Å². The van der Waals surface area contributed by atoms with Gasteiger partial charge in [0, 0.05) is 10.8 Å². The molecule has 0 N–H and O–H groups in total. The van der Waals surface area contributed by atoms with Crippen molar-refractivity contribution in [3.8, 4) is 0 Å². The number of esters is 1. The van der Waals surface area contributed by atoms with Gasteiger partial charge in [0.05, 0.1) is 13.0 Å². The molecule has 3 rings (SSSR count). The maximum absolute atomic E-state index is 12.7. The first-order chi connectivity index (χ1) is 10.6. The first-order valence-electron chi connectivity index (χ1n) is 7.15. The fourth-order valence-electron chi connectivity index (χ4n) is 2.68. The minimum atomic E-state index is -0.357. The van der Waals surface area contributed by atoms with Crippen molar-refractivity contribution in [1.82, 2.24) is 0 Å². The van der Waals surface area contributed by atoms with E-state index in [4.69, 9.17) is 4.74 Å². The van der Waals surface area contributed by atoms with Gasteiger partial charge in [0.1, 0.15) is 0 Å². The van der Waals surface area contributed by atoms with Gasteiger partial charge in [0.25, 0.3) is 0 Å². The number of fused-ring (bicyclic) bond motifs is 2. The lowest BCUT2D eigenvalue weighted by Gasteiger charge is -2.09. The lowest BCUT2D eigenvalue weighted by molar-refractivity contribution is -0.141. The molecular formula is C19H16O3. The van der Waals surface area contributed by atoms with Gasteiger partial charge in [-0.1, -0.05) is 54.6 Å². The van der Waals surface area contributed by atoms with Gasteiger partial charge in [-0.15, -0.1) is 0 Å². The molecule has 3 aromatic carbocycles. The Bertz CT molecular complexity index is 928. The Hall–Kier alpha value is -2.68. The van der Waals surface area contributed by atoms with Crippen LogP contribution in [0.25, 0.3) is 21.5 Å². The molecule has 0 saturated carbocycles. The Morgan fingerprint density at radius 3 is 2.41 bits per heavy atom. The number of hydrogen-bond donors (Lipinski definition) is 0.